The van der Waals surface area contributed by atoms with Gasteiger partial charge >= 0.3 is 0 Å². The van der Waals surface area contributed by atoms with Crippen LogP contribution in [-0.2, 0) is 16.0 Å². The van der Waals surface area contributed by atoms with Crippen molar-refractivity contribution < 1.29 is 9.53 Å². The van der Waals surface area contributed by atoms with Gasteiger partial charge in [-0.3, -0.25) is 4.79 Å². The van der Waals surface area contributed by atoms with Gasteiger partial charge in [-0.05, 0) is 24.6 Å². The molecule has 0 fully saturated rings. The Kier molecular flexibility index (Phi) is 5.18. The standard InChI is InChI=1S/C13H16N2O2/c1-10(17-2)9-15-13(16)7-11-3-5-12(8-14)6-4-11/h3-6,10H,7,9H2,1-2H3,(H,15,16). The summed E-state index contributed by atoms with van der Waals surface area (Å²) in [7, 11) is 1.61. The number of nitrogens with one attached hydrogen (secondary N) is 1. The number of rotatable bonds is 5. The Morgan fingerprint density at radius 3 is 2.65 bits per heavy atom. The van der Waals surface area contributed by atoms with Gasteiger partial charge in [0.2, 0.25) is 5.91 Å². The van der Waals surface area contributed by atoms with Crippen LogP contribution in [-0.4, -0.2) is 25.7 Å². The van der Waals surface area contributed by atoms with Crippen molar-refractivity contribution in [1.29, 1.82) is 5.26 Å². The summed E-state index contributed by atoms with van der Waals surface area (Å²) in [5, 5.41) is 11.4. The van der Waals surface area contributed by atoms with Crippen LogP contribution in [0.2, 0.25) is 0 Å². The van der Waals surface area contributed by atoms with Gasteiger partial charge < -0.3 is 10.1 Å². The summed E-state index contributed by atoms with van der Waals surface area (Å²) in [5.41, 5.74) is 1.49. The molecule has 1 rings (SSSR count). The number of hydrogen-bond acceptors (Lipinski definition) is 3. The molecule has 0 aliphatic heterocycles. The topological polar surface area (TPSA) is 62.1 Å². The summed E-state index contributed by atoms with van der Waals surface area (Å²) < 4.78 is 5.03. The first-order valence-corrected chi connectivity index (χ1v) is 5.44. The zero-order chi connectivity index (χ0) is 12.7. The minimum absolute atomic E-state index is 0.0138. The third-order valence-corrected chi connectivity index (χ3v) is 2.44. The second-order valence-corrected chi connectivity index (χ2v) is 3.84. The fraction of sp³-hybridized carbons (Fsp3) is 0.385. The van der Waals surface area contributed by atoms with Crippen LogP contribution >= 0.6 is 0 Å². The van der Waals surface area contributed by atoms with Crippen molar-refractivity contribution in [3.8, 4) is 6.07 Å². The van der Waals surface area contributed by atoms with E-state index in [2.05, 4.69) is 5.32 Å². The highest BCUT2D eigenvalue weighted by molar-refractivity contribution is 5.78. The van der Waals surface area contributed by atoms with Gasteiger partial charge in [0.05, 0.1) is 24.2 Å². The first-order valence-electron chi connectivity index (χ1n) is 5.44. The zero-order valence-electron chi connectivity index (χ0n) is 10.1. The van der Waals surface area contributed by atoms with E-state index >= 15 is 0 Å². The highest BCUT2D eigenvalue weighted by Crippen LogP contribution is 2.03. The van der Waals surface area contributed by atoms with Crippen molar-refractivity contribution in [2.75, 3.05) is 13.7 Å². The molecule has 4 heteroatoms. The minimum Gasteiger partial charge on any atom is -0.380 e. The van der Waals surface area contributed by atoms with Gasteiger partial charge in [0.1, 0.15) is 0 Å². The molecule has 0 saturated carbocycles. The van der Waals surface area contributed by atoms with Crippen LogP contribution in [0.4, 0.5) is 0 Å². The molecule has 0 saturated heterocycles. The molecule has 0 heterocycles. The molecular weight excluding hydrogens is 216 g/mol. The Balaban J connectivity index is 2.43. The largest absolute Gasteiger partial charge is 0.380 e. The maximum Gasteiger partial charge on any atom is 0.224 e. The van der Waals surface area contributed by atoms with E-state index in [1.165, 1.54) is 0 Å². The van der Waals surface area contributed by atoms with Crippen molar-refractivity contribution >= 4 is 5.91 Å². The van der Waals surface area contributed by atoms with Gasteiger partial charge in [-0.25, -0.2) is 0 Å². The molecule has 17 heavy (non-hydrogen) atoms. The zero-order valence-corrected chi connectivity index (χ0v) is 10.1. The molecular formula is C13H16N2O2. The molecule has 1 N–H and O–H groups in total. The number of carbonyl (C=O) groups excluding carboxylic acids is 1. The Hall–Kier alpha value is -1.86. The van der Waals surface area contributed by atoms with Crippen LogP contribution in [0.25, 0.3) is 0 Å². The number of nitrogens with zero attached hydrogens (tertiary/aromatic N) is 1. The van der Waals surface area contributed by atoms with Crippen LogP contribution in [0, 0.1) is 11.3 Å². The maximum atomic E-state index is 11.6. The summed E-state index contributed by atoms with van der Waals surface area (Å²) >= 11 is 0. The lowest BCUT2D eigenvalue weighted by Gasteiger charge is -2.10. The predicted molar refractivity (Wildman–Crippen MR) is 64.3 cm³/mol. The Morgan fingerprint density at radius 2 is 2.12 bits per heavy atom. The van der Waals surface area contributed by atoms with Crippen molar-refractivity contribution in [2.45, 2.75) is 19.4 Å². The van der Waals surface area contributed by atoms with E-state index < -0.39 is 0 Å². The van der Waals surface area contributed by atoms with E-state index in [9.17, 15) is 4.79 Å². The minimum atomic E-state index is -0.0430. The van der Waals surface area contributed by atoms with Gasteiger partial charge in [0.25, 0.3) is 0 Å². The second-order valence-electron chi connectivity index (χ2n) is 3.84. The van der Waals surface area contributed by atoms with E-state index in [1.54, 1.807) is 31.4 Å². The van der Waals surface area contributed by atoms with E-state index in [0.717, 1.165) is 5.56 Å². The van der Waals surface area contributed by atoms with E-state index in [0.29, 0.717) is 18.5 Å². The van der Waals surface area contributed by atoms with Crippen LogP contribution in [0.1, 0.15) is 18.1 Å². The van der Waals surface area contributed by atoms with Gasteiger partial charge in [-0.1, -0.05) is 12.1 Å². The van der Waals surface area contributed by atoms with Crippen molar-refractivity contribution in [3.63, 3.8) is 0 Å². The van der Waals surface area contributed by atoms with E-state index in [1.807, 2.05) is 13.0 Å². The number of amides is 1. The molecule has 0 aliphatic carbocycles. The third kappa shape index (κ3) is 4.66. The maximum absolute atomic E-state index is 11.6. The normalized spacial score (nSPS) is 11.6. The fourth-order valence-corrected chi connectivity index (χ4v) is 1.29. The number of nitriles is 1. The van der Waals surface area contributed by atoms with Gasteiger partial charge in [-0.15, -0.1) is 0 Å². The summed E-state index contributed by atoms with van der Waals surface area (Å²) in [6, 6.07) is 9.03. The van der Waals surface area contributed by atoms with Crippen LogP contribution < -0.4 is 5.32 Å². The Labute approximate surface area is 101 Å². The summed E-state index contributed by atoms with van der Waals surface area (Å²) in [6.45, 7) is 2.40. The molecule has 4 nitrogen and oxygen atoms in total. The average molecular weight is 232 g/mol. The lowest BCUT2D eigenvalue weighted by molar-refractivity contribution is -0.120. The first-order chi connectivity index (χ1) is 8.15. The SMILES string of the molecule is COC(C)CNC(=O)Cc1ccc(C#N)cc1. The molecule has 0 bridgehead atoms. The number of benzene rings is 1. The third-order valence-electron chi connectivity index (χ3n) is 2.44. The number of ether oxygens (including phenoxy) is 1. The second kappa shape index (κ2) is 6.66. The highest BCUT2D eigenvalue weighted by atomic mass is 16.5. The highest BCUT2D eigenvalue weighted by Gasteiger charge is 2.05. The van der Waals surface area contributed by atoms with E-state index in [4.69, 9.17) is 10.00 Å². The predicted octanol–water partition coefficient (Wildman–Crippen LogP) is 1.25. The molecule has 90 valence electrons. The summed E-state index contributed by atoms with van der Waals surface area (Å²) in [5.74, 6) is -0.0430. The quantitative estimate of drug-likeness (QED) is 0.831. The molecule has 1 aromatic rings. The van der Waals surface area contributed by atoms with Gasteiger partial charge in [-0.2, -0.15) is 5.26 Å². The van der Waals surface area contributed by atoms with E-state index in [-0.39, 0.29) is 12.0 Å². The summed E-state index contributed by atoms with van der Waals surface area (Å²) in [6.07, 6.45) is 0.335. The molecule has 1 amide bonds. The number of methoxy groups -OCH3 is 1. The molecule has 1 atom stereocenters. The molecule has 1 aromatic carbocycles. The smallest absolute Gasteiger partial charge is 0.224 e. The molecule has 0 aromatic heterocycles. The van der Waals surface area contributed by atoms with Gasteiger partial charge in [0, 0.05) is 13.7 Å². The molecule has 1 unspecified atom stereocenters. The van der Waals surface area contributed by atoms with Crippen LogP contribution in [0.5, 0.6) is 0 Å². The Morgan fingerprint density at radius 1 is 1.47 bits per heavy atom. The lowest BCUT2D eigenvalue weighted by Crippen LogP contribution is -2.32. The number of hydrogen-bond donors (Lipinski definition) is 1. The average Bonchev–Trinajstić information content (AvgIpc) is 2.36. The lowest BCUT2D eigenvalue weighted by atomic mass is 10.1. The van der Waals surface area contributed by atoms with Crippen molar-refractivity contribution in [3.05, 3.63) is 35.4 Å². The van der Waals surface area contributed by atoms with Crippen molar-refractivity contribution in [2.24, 2.45) is 0 Å². The number of carbonyl (C=O) groups is 1. The van der Waals surface area contributed by atoms with Crippen LogP contribution in [0.15, 0.2) is 24.3 Å². The van der Waals surface area contributed by atoms with Crippen LogP contribution in [0.3, 0.4) is 0 Å². The molecule has 0 aliphatic rings. The summed E-state index contributed by atoms with van der Waals surface area (Å²) in [4.78, 5) is 11.6. The van der Waals surface area contributed by atoms with Gasteiger partial charge in [0.15, 0.2) is 0 Å². The first kappa shape index (κ1) is 13.2. The Bertz CT molecular complexity index is 406. The fourth-order valence-electron chi connectivity index (χ4n) is 1.29. The molecule has 0 spiro atoms. The van der Waals surface area contributed by atoms with Crippen molar-refractivity contribution in [1.82, 2.24) is 5.32 Å². The molecule has 0 radical (unpaired) electrons. The monoisotopic (exact) mass is 232 g/mol.